The first-order valence-corrected chi connectivity index (χ1v) is 9.19. The number of nitrogens with zero attached hydrogens (tertiary/aromatic N) is 1. The summed E-state index contributed by atoms with van der Waals surface area (Å²) in [6.45, 7) is 6.51. The highest BCUT2D eigenvalue weighted by molar-refractivity contribution is 5.92. The largest absolute Gasteiger partial charge is 0.317 e. The topological polar surface area (TPSA) is 32.3 Å². The van der Waals surface area contributed by atoms with Crippen molar-refractivity contribution in [2.45, 2.75) is 71.3 Å². The molecule has 22 heavy (non-hydrogen) atoms. The molecule has 1 saturated heterocycles. The fourth-order valence-electron chi connectivity index (χ4n) is 4.75. The van der Waals surface area contributed by atoms with Crippen LogP contribution < -0.4 is 5.32 Å². The summed E-state index contributed by atoms with van der Waals surface area (Å²) in [5.41, 5.74) is 2.54. The van der Waals surface area contributed by atoms with Crippen LogP contribution in [0, 0.1) is 5.41 Å². The first-order chi connectivity index (χ1) is 10.7. The molecule has 0 aromatic rings. The van der Waals surface area contributed by atoms with E-state index >= 15 is 0 Å². The Balaban J connectivity index is 2.00. The zero-order valence-electron chi connectivity index (χ0n) is 14.2. The van der Waals surface area contributed by atoms with Gasteiger partial charge in [-0.3, -0.25) is 4.79 Å². The van der Waals surface area contributed by atoms with E-state index in [4.69, 9.17) is 0 Å². The average molecular weight is 302 g/mol. The van der Waals surface area contributed by atoms with Gasteiger partial charge in [0.2, 0.25) is 5.91 Å². The number of hydrogen-bond acceptors (Lipinski definition) is 2. The second-order valence-corrected chi connectivity index (χ2v) is 7.04. The lowest BCUT2D eigenvalue weighted by Gasteiger charge is -2.35. The lowest BCUT2D eigenvalue weighted by molar-refractivity contribution is -0.138. The lowest BCUT2D eigenvalue weighted by atomic mass is 9.71. The van der Waals surface area contributed by atoms with E-state index in [2.05, 4.69) is 36.2 Å². The molecule has 122 valence electrons. The van der Waals surface area contributed by atoms with Crippen LogP contribution in [0.3, 0.4) is 0 Å². The second-order valence-electron chi connectivity index (χ2n) is 7.04. The van der Waals surface area contributed by atoms with Crippen molar-refractivity contribution in [2.24, 2.45) is 5.41 Å². The summed E-state index contributed by atoms with van der Waals surface area (Å²) in [5.74, 6) is 0.416. The molecule has 3 rings (SSSR count). The van der Waals surface area contributed by atoms with Gasteiger partial charge in [0.05, 0.1) is 5.41 Å². The second kappa shape index (κ2) is 6.57. The normalized spacial score (nSPS) is 25.0. The predicted molar refractivity (Wildman–Crippen MR) is 90.4 cm³/mol. The van der Waals surface area contributed by atoms with Crippen LogP contribution in [0.15, 0.2) is 23.4 Å². The van der Waals surface area contributed by atoms with Crippen LogP contribution in [0.2, 0.25) is 0 Å². The molecule has 1 N–H and O–H groups in total. The first-order valence-electron chi connectivity index (χ1n) is 9.19. The van der Waals surface area contributed by atoms with E-state index < -0.39 is 0 Å². The molecule has 1 fully saturated rings. The maximum Gasteiger partial charge on any atom is 0.237 e. The third-order valence-electron chi connectivity index (χ3n) is 5.64. The van der Waals surface area contributed by atoms with Crippen LogP contribution in [0.4, 0.5) is 0 Å². The molecule has 3 aliphatic rings. The fraction of sp³-hybridized carbons (Fsp3) is 0.737. The summed E-state index contributed by atoms with van der Waals surface area (Å²) < 4.78 is 0. The molecular formula is C19H30N2O. The third-order valence-corrected chi connectivity index (χ3v) is 5.64. The number of allylic oxidation sites excluding steroid dienone is 2. The third kappa shape index (κ3) is 2.44. The van der Waals surface area contributed by atoms with Gasteiger partial charge in [0, 0.05) is 11.7 Å². The Morgan fingerprint density at radius 1 is 1.23 bits per heavy atom. The number of carbonyl (C=O) groups excluding carboxylic acids is 1. The van der Waals surface area contributed by atoms with Crippen molar-refractivity contribution in [3.05, 3.63) is 23.4 Å². The lowest BCUT2D eigenvalue weighted by Crippen LogP contribution is -2.46. The predicted octanol–water partition coefficient (Wildman–Crippen LogP) is 3.77. The van der Waals surface area contributed by atoms with Gasteiger partial charge in [-0.05, 0) is 63.3 Å². The van der Waals surface area contributed by atoms with Gasteiger partial charge >= 0.3 is 0 Å². The minimum Gasteiger partial charge on any atom is -0.317 e. The Morgan fingerprint density at radius 3 is 2.55 bits per heavy atom. The SMILES string of the molecule is CCCC1(CCC)C(=O)N(C2CCNCC2)C2=C1CCC=C2. The number of amides is 1. The Kier molecular flexibility index (Phi) is 4.72. The van der Waals surface area contributed by atoms with Gasteiger partial charge < -0.3 is 10.2 Å². The van der Waals surface area contributed by atoms with Crippen molar-refractivity contribution in [3.63, 3.8) is 0 Å². The summed E-state index contributed by atoms with van der Waals surface area (Å²) in [6, 6.07) is 0.400. The summed E-state index contributed by atoms with van der Waals surface area (Å²) in [4.78, 5) is 15.7. The van der Waals surface area contributed by atoms with E-state index in [9.17, 15) is 4.79 Å². The van der Waals surface area contributed by atoms with E-state index in [0.29, 0.717) is 11.9 Å². The highest BCUT2D eigenvalue weighted by atomic mass is 16.2. The maximum absolute atomic E-state index is 13.5. The maximum atomic E-state index is 13.5. The summed E-state index contributed by atoms with van der Waals surface area (Å²) in [6.07, 6.45) is 13.1. The minimum absolute atomic E-state index is 0.186. The molecule has 0 atom stereocenters. The highest BCUT2D eigenvalue weighted by Crippen LogP contribution is 2.51. The Bertz CT molecular complexity index is 480. The fourth-order valence-corrected chi connectivity index (χ4v) is 4.75. The van der Waals surface area contributed by atoms with Crippen molar-refractivity contribution >= 4 is 5.91 Å². The zero-order valence-corrected chi connectivity index (χ0v) is 14.2. The van der Waals surface area contributed by atoms with Crippen molar-refractivity contribution in [2.75, 3.05) is 13.1 Å². The van der Waals surface area contributed by atoms with Crippen LogP contribution in [0.5, 0.6) is 0 Å². The molecule has 3 nitrogen and oxygen atoms in total. The monoisotopic (exact) mass is 302 g/mol. The number of hydrogen-bond donors (Lipinski definition) is 1. The van der Waals surface area contributed by atoms with Crippen molar-refractivity contribution in [3.8, 4) is 0 Å². The Hall–Kier alpha value is -1.09. The molecule has 2 heterocycles. The van der Waals surface area contributed by atoms with Crippen molar-refractivity contribution in [1.82, 2.24) is 10.2 Å². The molecule has 0 aromatic carbocycles. The Morgan fingerprint density at radius 2 is 1.91 bits per heavy atom. The molecule has 1 amide bonds. The number of rotatable bonds is 5. The molecule has 3 heteroatoms. The molecule has 2 aliphatic heterocycles. The van der Waals surface area contributed by atoms with Crippen molar-refractivity contribution < 1.29 is 4.79 Å². The zero-order chi connectivity index (χ0) is 15.6. The van der Waals surface area contributed by atoms with Gasteiger partial charge in [0.25, 0.3) is 0 Å². The van der Waals surface area contributed by atoms with Crippen LogP contribution in [0.25, 0.3) is 0 Å². The van der Waals surface area contributed by atoms with Crippen LogP contribution in [-0.4, -0.2) is 29.9 Å². The molecule has 0 spiro atoms. The summed E-state index contributed by atoms with van der Waals surface area (Å²) in [5, 5.41) is 3.42. The average Bonchev–Trinajstić information content (AvgIpc) is 2.79. The number of nitrogens with one attached hydrogen (secondary N) is 1. The van der Waals surface area contributed by atoms with E-state index in [1.54, 1.807) is 0 Å². The van der Waals surface area contributed by atoms with Gasteiger partial charge in [-0.2, -0.15) is 0 Å². The van der Waals surface area contributed by atoms with Gasteiger partial charge in [0.1, 0.15) is 0 Å². The molecule has 0 bridgehead atoms. The van der Waals surface area contributed by atoms with Gasteiger partial charge in [-0.15, -0.1) is 0 Å². The molecule has 1 aliphatic carbocycles. The van der Waals surface area contributed by atoms with E-state index in [1.165, 1.54) is 11.3 Å². The quantitative estimate of drug-likeness (QED) is 0.838. The van der Waals surface area contributed by atoms with Crippen LogP contribution >= 0.6 is 0 Å². The van der Waals surface area contributed by atoms with Gasteiger partial charge in [-0.1, -0.05) is 32.8 Å². The number of carbonyl (C=O) groups is 1. The minimum atomic E-state index is -0.186. The van der Waals surface area contributed by atoms with E-state index in [0.717, 1.165) is 64.5 Å². The first kappa shape index (κ1) is 15.8. The summed E-state index contributed by atoms with van der Waals surface area (Å²) >= 11 is 0. The summed E-state index contributed by atoms with van der Waals surface area (Å²) in [7, 11) is 0. The molecule has 0 aromatic heterocycles. The van der Waals surface area contributed by atoms with Crippen molar-refractivity contribution in [1.29, 1.82) is 0 Å². The van der Waals surface area contributed by atoms with E-state index in [1.807, 2.05) is 0 Å². The Labute approximate surface area is 134 Å². The smallest absolute Gasteiger partial charge is 0.237 e. The highest BCUT2D eigenvalue weighted by Gasteiger charge is 2.52. The van der Waals surface area contributed by atoms with E-state index in [-0.39, 0.29) is 5.41 Å². The molecule has 0 saturated carbocycles. The van der Waals surface area contributed by atoms with Crippen LogP contribution in [-0.2, 0) is 4.79 Å². The standard InChI is InChI=1S/C19H30N2O/c1-3-11-19(12-4-2)16-7-5-6-8-17(16)21(18(19)22)15-9-13-20-14-10-15/h6,8,15,20H,3-5,7,9-14H2,1-2H3. The van der Waals surface area contributed by atoms with Gasteiger partial charge in [0.15, 0.2) is 0 Å². The van der Waals surface area contributed by atoms with Crippen LogP contribution in [0.1, 0.15) is 65.2 Å². The molecule has 0 radical (unpaired) electrons. The molecule has 0 unspecified atom stereocenters. The molecular weight excluding hydrogens is 272 g/mol. The van der Waals surface area contributed by atoms with Gasteiger partial charge in [-0.25, -0.2) is 0 Å². The number of piperidine rings is 1.